The highest BCUT2D eigenvalue weighted by atomic mass is 79.9. The molecular weight excluding hydrogens is 510 g/mol. The molecule has 1 aromatic carbocycles. The summed E-state index contributed by atoms with van der Waals surface area (Å²) < 4.78 is 6.72. The second kappa shape index (κ2) is 12.3. The molecular formula is C26H30BrN5OS. The molecule has 34 heavy (non-hydrogen) atoms. The molecule has 8 heteroatoms. The van der Waals surface area contributed by atoms with Gasteiger partial charge in [0.05, 0.1) is 33.5 Å². The van der Waals surface area contributed by atoms with E-state index in [0.717, 1.165) is 67.2 Å². The van der Waals surface area contributed by atoms with Crippen LogP contribution < -0.4 is 4.74 Å². The molecule has 0 bridgehead atoms. The SMILES string of the molecule is [C-]#[N+]c1cc(C(C#N)(CCCN2CCN(CCOc3cccc(C#N)c3)CC2)C(C)C)c(Br)s1. The first kappa shape index (κ1) is 26.2. The second-order valence-corrected chi connectivity index (χ2v) is 11.2. The number of rotatable bonds is 10. The first-order chi connectivity index (χ1) is 16.4. The largest absolute Gasteiger partial charge is 0.492 e. The van der Waals surface area contributed by atoms with Crippen LogP contribution in [0.15, 0.2) is 34.1 Å². The molecule has 1 fully saturated rings. The third-order valence-corrected chi connectivity index (χ3v) is 8.33. The zero-order chi connectivity index (χ0) is 24.6. The average molecular weight is 541 g/mol. The van der Waals surface area contributed by atoms with Gasteiger partial charge in [0.2, 0.25) is 5.00 Å². The molecule has 1 unspecified atom stereocenters. The van der Waals surface area contributed by atoms with E-state index in [4.69, 9.17) is 16.6 Å². The summed E-state index contributed by atoms with van der Waals surface area (Å²) in [5, 5.41) is 19.8. The molecule has 0 spiro atoms. The van der Waals surface area contributed by atoms with Gasteiger partial charge in [0.25, 0.3) is 0 Å². The van der Waals surface area contributed by atoms with Crippen molar-refractivity contribution in [2.75, 3.05) is 45.9 Å². The zero-order valence-corrected chi connectivity index (χ0v) is 22.2. The highest BCUT2D eigenvalue weighted by Crippen LogP contribution is 2.46. The van der Waals surface area contributed by atoms with E-state index < -0.39 is 5.41 Å². The Morgan fingerprint density at radius 3 is 2.47 bits per heavy atom. The molecule has 2 aromatic rings. The van der Waals surface area contributed by atoms with Crippen LogP contribution in [0, 0.1) is 35.2 Å². The van der Waals surface area contributed by atoms with Gasteiger partial charge in [-0.25, -0.2) is 4.85 Å². The first-order valence-corrected chi connectivity index (χ1v) is 13.2. The van der Waals surface area contributed by atoms with Gasteiger partial charge in [0.15, 0.2) is 0 Å². The van der Waals surface area contributed by atoms with Gasteiger partial charge in [0, 0.05) is 32.7 Å². The molecule has 0 aliphatic carbocycles. The Kier molecular flexibility index (Phi) is 9.51. The van der Waals surface area contributed by atoms with Gasteiger partial charge in [-0.05, 0) is 71.1 Å². The van der Waals surface area contributed by atoms with Crippen LogP contribution in [0.5, 0.6) is 5.75 Å². The van der Waals surface area contributed by atoms with Gasteiger partial charge in [-0.3, -0.25) is 4.90 Å². The van der Waals surface area contributed by atoms with Gasteiger partial charge in [-0.15, -0.1) is 11.3 Å². The molecule has 1 atom stereocenters. The van der Waals surface area contributed by atoms with Crippen LogP contribution in [0.1, 0.15) is 37.8 Å². The van der Waals surface area contributed by atoms with Gasteiger partial charge in [0.1, 0.15) is 12.4 Å². The van der Waals surface area contributed by atoms with E-state index in [1.807, 2.05) is 18.2 Å². The number of nitrogens with zero attached hydrogens (tertiary/aromatic N) is 5. The van der Waals surface area contributed by atoms with Gasteiger partial charge in [-0.2, -0.15) is 10.5 Å². The molecule has 6 nitrogen and oxygen atoms in total. The highest BCUT2D eigenvalue weighted by Gasteiger charge is 2.38. The van der Waals surface area contributed by atoms with Crippen molar-refractivity contribution < 1.29 is 4.74 Å². The number of benzene rings is 1. The molecule has 3 rings (SSSR count). The van der Waals surface area contributed by atoms with E-state index in [2.05, 4.69) is 56.6 Å². The minimum atomic E-state index is -0.583. The molecule has 178 valence electrons. The van der Waals surface area contributed by atoms with Crippen molar-refractivity contribution in [3.05, 3.63) is 56.7 Å². The summed E-state index contributed by atoms with van der Waals surface area (Å²) in [6.45, 7) is 18.0. The van der Waals surface area contributed by atoms with Crippen LogP contribution >= 0.6 is 27.3 Å². The van der Waals surface area contributed by atoms with Crippen molar-refractivity contribution in [1.29, 1.82) is 10.5 Å². The molecule has 1 aliphatic heterocycles. The minimum Gasteiger partial charge on any atom is -0.492 e. The molecule has 0 saturated carbocycles. The Bertz CT molecular complexity index is 1090. The van der Waals surface area contributed by atoms with E-state index in [1.54, 1.807) is 12.1 Å². The summed E-state index contributed by atoms with van der Waals surface area (Å²) in [6.07, 6.45) is 1.73. The third kappa shape index (κ3) is 6.38. The summed E-state index contributed by atoms with van der Waals surface area (Å²) in [6, 6.07) is 13.9. The van der Waals surface area contributed by atoms with Crippen LogP contribution in [0.2, 0.25) is 0 Å². The first-order valence-electron chi connectivity index (χ1n) is 11.6. The minimum absolute atomic E-state index is 0.160. The maximum Gasteiger partial charge on any atom is 0.242 e. The molecule has 1 aromatic heterocycles. The predicted octanol–water partition coefficient (Wildman–Crippen LogP) is 5.83. The smallest absolute Gasteiger partial charge is 0.242 e. The van der Waals surface area contributed by atoms with Gasteiger partial charge in [-0.1, -0.05) is 19.9 Å². The average Bonchev–Trinajstić information content (AvgIpc) is 3.24. The van der Waals surface area contributed by atoms with Crippen molar-refractivity contribution in [1.82, 2.24) is 9.80 Å². The van der Waals surface area contributed by atoms with Crippen LogP contribution in [0.25, 0.3) is 4.85 Å². The Balaban J connectivity index is 1.45. The van der Waals surface area contributed by atoms with Crippen molar-refractivity contribution in [2.45, 2.75) is 32.1 Å². The number of thiophene rings is 1. The molecule has 2 heterocycles. The van der Waals surface area contributed by atoms with E-state index in [1.165, 1.54) is 11.3 Å². The number of hydrogen-bond acceptors (Lipinski definition) is 6. The second-order valence-electron chi connectivity index (χ2n) is 8.90. The van der Waals surface area contributed by atoms with E-state index >= 15 is 0 Å². The van der Waals surface area contributed by atoms with E-state index in [0.29, 0.717) is 17.2 Å². The van der Waals surface area contributed by atoms with Gasteiger partial charge < -0.3 is 9.64 Å². The Labute approximate surface area is 215 Å². The van der Waals surface area contributed by atoms with Crippen LogP contribution in [-0.2, 0) is 5.41 Å². The maximum absolute atomic E-state index is 10.2. The Morgan fingerprint density at radius 1 is 1.18 bits per heavy atom. The number of nitriles is 2. The van der Waals surface area contributed by atoms with Crippen LogP contribution in [-0.4, -0.2) is 55.7 Å². The topological polar surface area (TPSA) is 67.7 Å². The lowest BCUT2D eigenvalue weighted by Gasteiger charge is -2.36. The van der Waals surface area contributed by atoms with Gasteiger partial charge >= 0.3 is 0 Å². The normalized spacial score (nSPS) is 16.4. The van der Waals surface area contributed by atoms with Crippen molar-refractivity contribution in [3.63, 3.8) is 0 Å². The lowest BCUT2D eigenvalue weighted by atomic mass is 9.70. The van der Waals surface area contributed by atoms with Crippen molar-refractivity contribution in [3.8, 4) is 17.9 Å². The summed E-state index contributed by atoms with van der Waals surface area (Å²) in [7, 11) is 0. The Morgan fingerprint density at radius 2 is 1.88 bits per heavy atom. The lowest BCUT2D eigenvalue weighted by Crippen LogP contribution is -2.47. The Hall–Kier alpha value is -2.41. The molecule has 1 saturated heterocycles. The standard InChI is InChI=1S/C26H30BrN5OS/c1-20(2)26(19-29,23-17-24(30-3)34-25(23)27)8-5-9-31-10-12-32(13-11-31)14-15-33-22-7-4-6-21(16-22)18-28/h4,6-7,16-17,20H,5,8-15H2,1-2H3. The number of hydrogen-bond donors (Lipinski definition) is 0. The van der Waals surface area contributed by atoms with Crippen molar-refractivity contribution in [2.24, 2.45) is 5.92 Å². The monoisotopic (exact) mass is 539 g/mol. The fourth-order valence-corrected chi connectivity index (χ4v) is 6.18. The number of piperazine rings is 1. The lowest BCUT2D eigenvalue weighted by molar-refractivity contribution is 0.114. The molecule has 0 amide bonds. The summed E-state index contributed by atoms with van der Waals surface area (Å²) in [4.78, 5) is 8.45. The fraction of sp³-hybridized carbons (Fsp3) is 0.500. The zero-order valence-electron chi connectivity index (χ0n) is 19.8. The highest BCUT2D eigenvalue weighted by molar-refractivity contribution is 9.11. The van der Waals surface area contributed by atoms with E-state index in [9.17, 15) is 5.26 Å². The molecule has 0 radical (unpaired) electrons. The van der Waals surface area contributed by atoms with E-state index in [-0.39, 0.29) is 5.92 Å². The predicted molar refractivity (Wildman–Crippen MR) is 139 cm³/mol. The quantitative estimate of drug-likeness (QED) is 0.355. The third-order valence-electron chi connectivity index (χ3n) is 6.60. The summed E-state index contributed by atoms with van der Waals surface area (Å²) in [5.41, 5.74) is 0.994. The maximum atomic E-state index is 10.2. The number of ether oxygens (including phenoxy) is 1. The number of halogens is 1. The van der Waals surface area contributed by atoms with Crippen LogP contribution in [0.4, 0.5) is 5.00 Å². The van der Waals surface area contributed by atoms with Crippen molar-refractivity contribution >= 4 is 32.3 Å². The summed E-state index contributed by atoms with van der Waals surface area (Å²) >= 11 is 5.02. The fourth-order valence-electron chi connectivity index (χ4n) is 4.46. The molecule has 0 N–H and O–H groups in total. The summed E-state index contributed by atoms with van der Waals surface area (Å²) in [5.74, 6) is 0.900. The molecule has 1 aliphatic rings. The van der Waals surface area contributed by atoms with Crippen LogP contribution in [0.3, 0.4) is 0 Å².